The standard InChI is InChI=1S/C18H24N6O3S/c1-3-4-9-20-17-14(12-19)13-21-18(24-17)23-15-5-7-16(8-6-15)28(25,26)22-10-11-27-2/h5-8,13,22H,3-4,9-11H2,1-2H3,(H2,20,21,23,24). The Morgan fingerprint density at radius 3 is 2.61 bits per heavy atom. The van der Waals surface area contributed by atoms with Gasteiger partial charge in [-0.2, -0.15) is 10.2 Å². The van der Waals surface area contributed by atoms with Crippen molar-refractivity contribution in [3.63, 3.8) is 0 Å². The van der Waals surface area contributed by atoms with Crippen LogP contribution in [0.5, 0.6) is 0 Å². The van der Waals surface area contributed by atoms with Crippen molar-refractivity contribution in [2.24, 2.45) is 0 Å². The summed E-state index contributed by atoms with van der Waals surface area (Å²) in [5.41, 5.74) is 0.991. The molecule has 0 saturated carbocycles. The second kappa shape index (κ2) is 10.6. The third-order valence-electron chi connectivity index (χ3n) is 3.75. The van der Waals surface area contributed by atoms with Gasteiger partial charge >= 0.3 is 0 Å². The molecule has 1 heterocycles. The molecule has 150 valence electrons. The summed E-state index contributed by atoms with van der Waals surface area (Å²) in [6.07, 6.45) is 3.44. The van der Waals surface area contributed by atoms with E-state index in [1.807, 2.05) is 0 Å². The van der Waals surface area contributed by atoms with Crippen molar-refractivity contribution in [1.82, 2.24) is 14.7 Å². The molecule has 2 rings (SSSR count). The van der Waals surface area contributed by atoms with Crippen molar-refractivity contribution in [3.05, 3.63) is 36.0 Å². The highest BCUT2D eigenvalue weighted by Gasteiger charge is 2.13. The fraction of sp³-hybridized carbons (Fsp3) is 0.389. The van der Waals surface area contributed by atoms with Gasteiger partial charge in [0.15, 0.2) is 0 Å². The normalized spacial score (nSPS) is 11.0. The summed E-state index contributed by atoms with van der Waals surface area (Å²) in [4.78, 5) is 8.61. The van der Waals surface area contributed by atoms with Crippen LogP contribution in [0.1, 0.15) is 25.3 Å². The van der Waals surface area contributed by atoms with Crippen LogP contribution >= 0.6 is 0 Å². The van der Waals surface area contributed by atoms with Crippen molar-refractivity contribution in [3.8, 4) is 6.07 Å². The van der Waals surface area contributed by atoms with Crippen LogP contribution in [-0.4, -0.2) is 45.2 Å². The smallest absolute Gasteiger partial charge is 0.240 e. The zero-order valence-corrected chi connectivity index (χ0v) is 16.7. The number of hydrogen-bond acceptors (Lipinski definition) is 8. The second-order valence-corrected chi connectivity index (χ2v) is 7.65. The first kappa shape index (κ1) is 21.6. The van der Waals surface area contributed by atoms with Crippen LogP contribution in [0.2, 0.25) is 0 Å². The number of hydrogen-bond donors (Lipinski definition) is 3. The van der Waals surface area contributed by atoms with Crippen molar-refractivity contribution in [2.45, 2.75) is 24.7 Å². The molecular weight excluding hydrogens is 380 g/mol. The molecule has 0 amide bonds. The molecule has 28 heavy (non-hydrogen) atoms. The molecule has 10 heteroatoms. The van der Waals surface area contributed by atoms with Crippen molar-refractivity contribution < 1.29 is 13.2 Å². The summed E-state index contributed by atoms with van der Waals surface area (Å²) >= 11 is 0. The zero-order valence-electron chi connectivity index (χ0n) is 15.9. The number of rotatable bonds is 11. The lowest BCUT2D eigenvalue weighted by Gasteiger charge is -2.10. The molecule has 0 spiro atoms. The monoisotopic (exact) mass is 404 g/mol. The molecule has 0 bridgehead atoms. The Kier molecular flexibility index (Phi) is 8.13. The second-order valence-electron chi connectivity index (χ2n) is 5.89. The lowest BCUT2D eigenvalue weighted by atomic mass is 10.3. The van der Waals surface area contributed by atoms with Gasteiger partial charge in [-0.05, 0) is 30.7 Å². The molecule has 0 radical (unpaired) electrons. The summed E-state index contributed by atoms with van der Waals surface area (Å²) in [5, 5.41) is 15.3. The first-order valence-corrected chi connectivity index (χ1v) is 10.3. The summed E-state index contributed by atoms with van der Waals surface area (Å²) in [6.45, 7) is 3.29. The van der Waals surface area contributed by atoms with Gasteiger partial charge in [-0.25, -0.2) is 18.1 Å². The highest BCUT2D eigenvalue weighted by Crippen LogP contribution is 2.19. The predicted molar refractivity (Wildman–Crippen MR) is 107 cm³/mol. The number of aromatic nitrogens is 2. The van der Waals surface area contributed by atoms with Gasteiger partial charge in [0.2, 0.25) is 16.0 Å². The number of anilines is 3. The van der Waals surface area contributed by atoms with Crippen LogP contribution in [0.3, 0.4) is 0 Å². The molecule has 0 fully saturated rings. The Labute approximate surface area is 165 Å². The van der Waals surface area contributed by atoms with Gasteiger partial charge in [-0.3, -0.25) is 0 Å². The number of methoxy groups -OCH3 is 1. The van der Waals surface area contributed by atoms with Gasteiger partial charge in [-0.15, -0.1) is 0 Å². The summed E-state index contributed by atoms with van der Waals surface area (Å²) in [6, 6.07) is 8.28. The molecule has 0 atom stereocenters. The van der Waals surface area contributed by atoms with E-state index in [-0.39, 0.29) is 11.4 Å². The van der Waals surface area contributed by atoms with Crippen LogP contribution in [0.4, 0.5) is 17.5 Å². The van der Waals surface area contributed by atoms with E-state index in [0.717, 1.165) is 12.8 Å². The van der Waals surface area contributed by atoms with Crippen LogP contribution in [0, 0.1) is 11.3 Å². The van der Waals surface area contributed by atoms with Crippen molar-refractivity contribution in [2.75, 3.05) is 37.4 Å². The van der Waals surface area contributed by atoms with Crippen LogP contribution in [-0.2, 0) is 14.8 Å². The number of unbranched alkanes of at least 4 members (excludes halogenated alkanes) is 1. The molecule has 0 aliphatic heterocycles. The van der Waals surface area contributed by atoms with E-state index in [9.17, 15) is 13.7 Å². The fourth-order valence-electron chi connectivity index (χ4n) is 2.25. The maximum Gasteiger partial charge on any atom is 0.240 e. The first-order valence-electron chi connectivity index (χ1n) is 8.87. The Balaban J connectivity index is 2.09. The SMILES string of the molecule is CCCCNc1nc(Nc2ccc(S(=O)(=O)NCCOC)cc2)ncc1C#N. The van der Waals surface area contributed by atoms with Gasteiger partial charge in [-0.1, -0.05) is 13.3 Å². The zero-order chi connectivity index (χ0) is 20.4. The third-order valence-corrected chi connectivity index (χ3v) is 5.23. The molecule has 0 aliphatic rings. The molecule has 0 unspecified atom stereocenters. The molecule has 3 N–H and O–H groups in total. The number of benzene rings is 1. The first-order chi connectivity index (χ1) is 13.5. The Bertz CT molecular complexity index is 910. The molecule has 9 nitrogen and oxygen atoms in total. The highest BCUT2D eigenvalue weighted by molar-refractivity contribution is 7.89. The predicted octanol–water partition coefficient (Wildman–Crippen LogP) is 2.23. The number of nitriles is 1. The maximum atomic E-state index is 12.2. The summed E-state index contributed by atoms with van der Waals surface area (Å²) < 4.78 is 31.6. The summed E-state index contributed by atoms with van der Waals surface area (Å²) in [5.74, 6) is 0.779. The van der Waals surface area contributed by atoms with Gasteiger partial charge in [0.05, 0.1) is 17.7 Å². The molecule has 2 aromatic rings. The lowest BCUT2D eigenvalue weighted by molar-refractivity contribution is 0.204. The minimum Gasteiger partial charge on any atom is -0.383 e. The van der Waals surface area contributed by atoms with Gasteiger partial charge < -0.3 is 15.4 Å². The lowest BCUT2D eigenvalue weighted by Crippen LogP contribution is -2.27. The van der Waals surface area contributed by atoms with Crippen LogP contribution in [0.15, 0.2) is 35.4 Å². The molecular formula is C18H24N6O3S. The largest absolute Gasteiger partial charge is 0.383 e. The fourth-order valence-corrected chi connectivity index (χ4v) is 3.26. The van der Waals surface area contributed by atoms with Crippen molar-refractivity contribution in [1.29, 1.82) is 5.26 Å². The number of nitrogens with one attached hydrogen (secondary N) is 3. The van der Waals surface area contributed by atoms with Gasteiger partial charge in [0.25, 0.3) is 0 Å². The molecule has 1 aromatic carbocycles. The quantitative estimate of drug-likeness (QED) is 0.486. The Hall–Kier alpha value is -2.74. The third kappa shape index (κ3) is 6.16. The number of ether oxygens (including phenoxy) is 1. The average Bonchev–Trinajstić information content (AvgIpc) is 2.69. The van der Waals surface area contributed by atoms with E-state index in [0.29, 0.717) is 36.2 Å². The van der Waals surface area contributed by atoms with E-state index < -0.39 is 10.0 Å². The van der Waals surface area contributed by atoms with E-state index in [2.05, 4.69) is 38.3 Å². The van der Waals surface area contributed by atoms with E-state index >= 15 is 0 Å². The topological polar surface area (TPSA) is 129 Å². The Morgan fingerprint density at radius 2 is 1.96 bits per heavy atom. The molecule has 1 aromatic heterocycles. The van der Waals surface area contributed by atoms with E-state index in [4.69, 9.17) is 4.74 Å². The maximum absolute atomic E-state index is 12.2. The van der Waals surface area contributed by atoms with Crippen LogP contribution in [0.25, 0.3) is 0 Å². The average molecular weight is 404 g/mol. The molecule has 0 aliphatic carbocycles. The van der Waals surface area contributed by atoms with E-state index in [1.165, 1.54) is 25.4 Å². The van der Waals surface area contributed by atoms with E-state index in [1.54, 1.807) is 12.1 Å². The van der Waals surface area contributed by atoms with Gasteiger partial charge in [0.1, 0.15) is 17.5 Å². The minimum absolute atomic E-state index is 0.150. The minimum atomic E-state index is -3.59. The van der Waals surface area contributed by atoms with Crippen LogP contribution < -0.4 is 15.4 Å². The van der Waals surface area contributed by atoms with Gasteiger partial charge in [0, 0.05) is 25.9 Å². The Morgan fingerprint density at radius 1 is 1.21 bits per heavy atom. The number of sulfonamides is 1. The van der Waals surface area contributed by atoms with Crippen molar-refractivity contribution >= 4 is 27.5 Å². The summed E-state index contributed by atoms with van der Waals surface area (Å²) in [7, 11) is -2.08. The number of nitrogens with zero attached hydrogens (tertiary/aromatic N) is 3. The highest BCUT2D eigenvalue weighted by atomic mass is 32.2. The molecule has 0 saturated heterocycles.